The van der Waals surface area contributed by atoms with E-state index in [4.69, 9.17) is 0 Å². The Morgan fingerprint density at radius 1 is 1.12 bits per heavy atom. The quantitative estimate of drug-likeness (QED) is 0.416. The molecule has 2 aromatic rings. The van der Waals surface area contributed by atoms with E-state index in [0.29, 0.717) is 12.2 Å². The van der Waals surface area contributed by atoms with Gasteiger partial charge in [0.15, 0.2) is 0 Å². The molecule has 0 radical (unpaired) electrons. The van der Waals surface area contributed by atoms with Crippen molar-refractivity contribution in [2.75, 3.05) is 11.9 Å². The summed E-state index contributed by atoms with van der Waals surface area (Å²) in [6.07, 6.45) is 1.61. The van der Waals surface area contributed by atoms with Gasteiger partial charge < -0.3 is 5.32 Å². The maximum Gasteiger partial charge on any atom is 0.282 e. The number of nitrogens with zero attached hydrogens (tertiary/aromatic N) is 1. The lowest BCUT2D eigenvalue weighted by Crippen LogP contribution is -2.24. The smallest absolute Gasteiger partial charge is 0.282 e. The number of hydrogen-bond donors (Lipinski definition) is 2. The first kappa shape index (κ1) is 19.5. The van der Waals surface area contributed by atoms with Gasteiger partial charge in [0.1, 0.15) is 5.56 Å². The Balaban J connectivity index is 2.12. The highest BCUT2D eigenvalue weighted by Crippen LogP contribution is 2.20. The number of sulfonamides is 1. The molecule has 138 valence electrons. The molecule has 8 nitrogen and oxygen atoms in total. The van der Waals surface area contributed by atoms with Gasteiger partial charge in [-0.05, 0) is 36.8 Å². The number of nitro benzene ring substituents is 1. The van der Waals surface area contributed by atoms with E-state index in [1.165, 1.54) is 48.5 Å². The molecule has 2 rings (SSSR count). The Morgan fingerprint density at radius 3 is 2.38 bits per heavy atom. The van der Waals surface area contributed by atoms with Crippen LogP contribution in [0.3, 0.4) is 0 Å². The third-order valence-corrected chi connectivity index (χ3v) is 5.07. The molecule has 0 aliphatic heterocycles. The van der Waals surface area contributed by atoms with Gasteiger partial charge in [-0.1, -0.05) is 25.5 Å². The lowest BCUT2D eigenvalue weighted by molar-refractivity contribution is -0.385. The Hall–Kier alpha value is -2.78. The molecule has 26 heavy (non-hydrogen) atoms. The monoisotopic (exact) mass is 377 g/mol. The van der Waals surface area contributed by atoms with Crippen molar-refractivity contribution in [1.82, 2.24) is 4.72 Å². The lowest BCUT2D eigenvalue weighted by atomic mass is 10.1. The number of rotatable bonds is 8. The minimum atomic E-state index is -3.60. The zero-order chi connectivity index (χ0) is 19.2. The number of hydrogen-bond acceptors (Lipinski definition) is 5. The molecular formula is C17H19N3O5S. The molecule has 0 saturated carbocycles. The van der Waals surface area contributed by atoms with E-state index >= 15 is 0 Å². The summed E-state index contributed by atoms with van der Waals surface area (Å²) in [6.45, 7) is 2.32. The highest BCUT2D eigenvalue weighted by atomic mass is 32.2. The van der Waals surface area contributed by atoms with Crippen LogP contribution < -0.4 is 10.0 Å². The largest absolute Gasteiger partial charge is 0.322 e. The van der Waals surface area contributed by atoms with Gasteiger partial charge in [0, 0.05) is 18.3 Å². The maximum atomic E-state index is 12.2. The van der Waals surface area contributed by atoms with Crippen LogP contribution in [0.25, 0.3) is 0 Å². The average molecular weight is 377 g/mol. The molecule has 0 aliphatic carbocycles. The first-order valence-corrected chi connectivity index (χ1v) is 9.48. The van der Waals surface area contributed by atoms with Crippen molar-refractivity contribution in [2.45, 2.75) is 24.7 Å². The van der Waals surface area contributed by atoms with E-state index < -0.39 is 20.9 Å². The molecule has 0 bridgehead atoms. The molecular weight excluding hydrogens is 358 g/mol. The van der Waals surface area contributed by atoms with Gasteiger partial charge in [0.25, 0.3) is 11.6 Å². The molecule has 0 saturated heterocycles. The third-order valence-electron chi connectivity index (χ3n) is 3.59. The highest BCUT2D eigenvalue weighted by Gasteiger charge is 2.19. The molecule has 0 aliphatic rings. The maximum absolute atomic E-state index is 12.2. The SMILES string of the molecule is CCCCNS(=O)(=O)c1ccc(NC(=O)c2ccccc2[N+](=O)[O-])cc1. The van der Waals surface area contributed by atoms with Crippen LogP contribution in [0.2, 0.25) is 0 Å². The molecule has 0 aromatic heterocycles. The summed E-state index contributed by atoms with van der Waals surface area (Å²) in [7, 11) is -3.60. The lowest BCUT2D eigenvalue weighted by Gasteiger charge is -2.08. The van der Waals surface area contributed by atoms with Crippen molar-refractivity contribution in [1.29, 1.82) is 0 Å². The number of unbranched alkanes of at least 4 members (excludes halogenated alkanes) is 1. The van der Waals surface area contributed by atoms with E-state index in [-0.39, 0.29) is 16.1 Å². The average Bonchev–Trinajstić information content (AvgIpc) is 2.62. The summed E-state index contributed by atoms with van der Waals surface area (Å²) >= 11 is 0. The topological polar surface area (TPSA) is 118 Å². The molecule has 9 heteroatoms. The standard InChI is InChI=1S/C17H19N3O5S/c1-2-3-12-18-26(24,25)14-10-8-13(9-11-14)19-17(21)15-6-4-5-7-16(15)20(22)23/h4-11,18H,2-3,12H2,1H3,(H,19,21). The number of carbonyl (C=O) groups is 1. The van der Waals surface area contributed by atoms with Crippen LogP contribution in [0, 0.1) is 10.1 Å². The van der Waals surface area contributed by atoms with Crippen molar-refractivity contribution in [3.63, 3.8) is 0 Å². The Kier molecular flexibility index (Phi) is 6.42. The minimum Gasteiger partial charge on any atom is -0.322 e. The second kappa shape index (κ2) is 8.54. The van der Waals surface area contributed by atoms with Crippen LogP contribution in [0.1, 0.15) is 30.1 Å². The summed E-state index contributed by atoms with van der Waals surface area (Å²) < 4.78 is 26.7. The van der Waals surface area contributed by atoms with Crippen LogP contribution in [0.5, 0.6) is 0 Å². The van der Waals surface area contributed by atoms with Crippen LogP contribution in [-0.2, 0) is 10.0 Å². The molecule has 1 amide bonds. The molecule has 0 heterocycles. The first-order valence-electron chi connectivity index (χ1n) is 7.99. The molecule has 0 fully saturated rings. The summed E-state index contributed by atoms with van der Waals surface area (Å²) in [5.74, 6) is -0.644. The Labute approximate surface area is 151 Å². The fourth-order valence-electron chi connectivity index (χ4n) is 2.21. The van der Waals surface area contributed by atoms with Gasteiger partial charge in [-0.2, -0.15) is 0 Å². The van der Waals surface area contributed by atoms with Crippen LogP contribution in [0.4, 0.5) is 11.4 Å². The summed E-state index contributed by atoms with van der Waals surface area (Å²) in [5, 5.41) is 13.5. The van der Waals surface area contributed by atoms with E-state index in [9.17, 15) is 23.3 Å². The predicted molar refractivity (Wildman–Crippen MR) is 97.6 cm³/mol. The number of anilines is 1. The van der Waals surface area contributed by atoms with E-state index in [2.05, 4.69) is 10.0 Å². The van der Waals surface area contributed by atoms with Crippen molar-refractivity contribution < 1.29 is 18.1 Å². The molecule has 0 spiro atoms. The van der Waals surface area contributed by atoms with Crippen molar-refractivity contribution in [3.05, 3.63) is 64.2 Å². The fourth-order valence-corrected chi connectivity index (χ4v) is 3.28. The van der Waals surface area contributed by atoms with Gasteiger partial charge in [-0.3, -0.25) is 14.9 Å². The van der Waals surface area contributed by atoms with E-state index in [1.54, 1.807) is 0 Å². The van der Waals surface area contributed by atoms with Gasteiger partial charge in [-0.25, -0.2) is 13.1 Å². The van der Waals surface area contributed by atoms with Crippen molar-refractivity contribution in [2.24, 2.45) is 0 Å². The molecule has 0 atom stereocenters. The third kappa shape index (κ3) is 4.87. The van der Waals surface area contributed by atoms with Crippen molar-refractivity contribution in [3.8, 4) is 0 Å². The van der Waals surface area contributed by atoms with Gasteiger partial charge in [-0.15, -0.1) is 0 Å². The van der Waals surface area contributed by atoms with Crippen LogP contribution in [0.15, 0.2) is 53.4 Å². The number of carbonyl (C=O) groups excluding carboxylic acids is 1. The summed E-state index contributed by atoms with van der Waals surface area (Å²) in [5.41, 5.74) is -0.0413. The van der Waals surface area contributed by atoms with Gasteiger partial charge in [0.2, 0.25) is 10.0 Å². The molecule has 2 aromatic carbocycles. The Morgan fingerprint density at radius 2 is 1.77 bits per heavy atom. The number of benzene rings is 2. The highest BCUT2D eigenvalue weighted by molar-refractivity contribution is 7.89. The number of nitrogens with one attached hydrogen (secondary N) is 2. The summed E-state index contributed by atoms with van der Waals surface area (Å²) in [6, 6.07) is 11.2. The number of amides is 1. The minimum absolute atomic E-state index is 0.0737. The number of nitro groups is 1. The first-order chi connectivity index (χ1) is 12.3. The van der Waals surface area contributed by atoms with E-state index in [1.807, 2.05) is 6.92 Å². The fraction of sp³-hybridized carbons (Fsp3) is 0.235. The zero-order valence-electron chi connectivity index (χ0n) is 14.1. The van der Waals surface area contributed by atoms with Crippen molar-refractivity contribution >= 4 is 27.3 Å². The second-order valence-corrected chi connectivity index (χ2v) is 7.27. The Bertz CT molecular complexity index is 895. The molecule has 2 N–H and O–H groups in total. The predicted octanol–water partition coefficient (Wildman–Crippen LogP) is 2.93. The number of para-hydroxylation sites is 1. The zero-order valence-corrected chi connectivity index (χ0v) is 15.0. The van der Waals surface area contributed by atoms with Crippen LogP contribution >= 0.6 is 0 Å². The summed E-state index contributed by atoms with van der Waals surface area (Å²) in [4.78, 5) is 22.7. The second-order valence-electron chi connectivity index (χ2n) is 5.50. The van der Waals surface area contributed by atoms with E-state index in [0.717, 1.165) is 12.8 Å². The normalized spacial score (nSPS) is 11.1. The van der Waals surface area contributed by atoms with Gasteiger partial charge >= 0.3 is 0 Å². The van der Waals surface area contributed by atoms with Crippen LogP contribution in [-0.4, -0.2) is 25.8 Å². The molecule has 0 unspecified atom stereocenters. The van der Waals surface area contributed by atoms with Gasteiger partial charge in [0.05, 0.1) is 9.82 Å².